The van der Waals surface area contributed by atoms with E-state index in [-0.39, 0.29) is 5.91 Å². The van der Waals surface area contributed by atoms with E-state index in [0.717, 1.165) is 24.0 Å². The number of ether oxygens (including phenoxy) is 3. The van der Waals surface area contributed by atoms with E-state index < -0.39 is 0 Å². The second-order valence-corrected chi connectivity index (χ2v) is 7.19. The highest BCUT2D eigenvalue weighted by atomic mass is 16.5. The van der Waals surface area contributed by atoms with E-state index >= 15 is 0 Å². The van der Waals surface area contributed by atoms with Crippen LogP contribution in [0.2, 0.25) is 0 Å². The van der Waals surface area contributed by atoms with Crippen LogP contribution >= 0.6 is 0 Å². The van der Waals surface area contributed by atoms with Crippen LogP contribution in [-0.2, 0) is 17.6 Å². The zero-order valence-corrected chi connectivity index (χ0v) is 18.6. The van der Waals surface area contributed by atoms with Crippen molar-refractivity contribution in [2.75, 3.05) is 32.4 Å². The normalized spacial score (nSPS) is 10.7. The summed E-state index contributed by atoms with van der Waals surface area (Å²) in [6.07, 6.45) is 4.96. The molecule has 3 rings (SSSR count). The quantitative estimate of drug-likeness (QED) is 0.377. The number of para-hydroxylation sites is 2. The third-order valence-electron chi connectivity index (χ3n) is 5.05. The van der Waals surface area contributed by atoms with Crippen molar-refractivity contribution in [1.82, 2.24) is 0 Å². The molecule has 0 saturated carbocycles. The number of hydrogen-bond acceptors (Lipinski definition) is 5. The van der Waals surface area contributed by atoms with Crippen LogP contribution in [0, 0.1) is 0 Å². The Hall–Kier alpha value is -3.93. The van der Waals surface area contributed by atoms with E-state index in [9.17, 15) is 4.79 Å². The fraction of sp³-hybridized carbons (Fsp3) is 0.192. The van der Waals surface area contributed by atoms with Gasteiger partial charge in [-0.1, -0.05) is 36.4 Å². The summed E-state index contributed by atoms with van der Waals surface area (Å²) in [6, 6.07) is 19.2. The standard InChI is InChI=1S/C26H28N2O4/c1-30-23-16-20(17-24(31-2)26(23)32-3)13-12-18-8-10-19(11-9-18)14-15-25(29)28-22-7-5-4-6-21(22)27/h4-11,14-17H,12-13,27H2,1-3H3,(H,28,29)/b15-14+. The van der Waals surface area contributed by atoms with Crippen molar-refractivity contribution in [3.05, 3.63) is 83.4 Å². The number of rotatable bonds is 9. The van der Waals surface area contributed by atoms with Gasteiger partial charge in [-0.3, -0.25) is 4.79 Å². The van der Waals surface area contributed by atoms with Crippen LogP contribution in [0.3, 0.4) is 0 Å². The van der Waals surface area contributed by atoms with Gasteiger partial charge < -0.3 is 25.3 Å². The highest BCUT2D eigenvalue weighted by Crippen LogP contribution is 2.38. The molecule has 0 bridgehead atoms. The van der Waals surface area contributed by atoms with E-state index in [0.29, 0.717) is 28.6 Å². The second kappa shape index (κ2) is 10.9. The number of hydrogen-bond donors (Lipinski definition) is 2. The number of amides is 1. The van der Waals surface area contributed by atoms with Crippen LogP contribution in [0.4, 0.5) is 11.4 Å². The van der Waals surface area contributed by atoms with Gasteiger partial charge in [0.25, 0.3) is 0 Å². The molecule has 0 saturated heterocycles. The summed E-state index contributed by atoms with van der Waals surface area (Å²) in [5.41, 5.74) is 10.2. The third kappa shape index (κ3) is 5.82. The molecule has 0 unspecified atom stereocenters. The highest BCUT2D eigenvalue weighted by molar-refractivity contribution is 6.03. The smallest absolute Gasteiger partial charge is 0.248 e. The Morgan fingerprint density at radius 1 is 0.875 bits per heavy atom. The van der Waals surface area contributed by atoms with Crippen LogP contribution in [0.15, 0.2) is 66.7 Å². The number of nitrogens with one attached hydrogen (secondary N) is 1. The van der Waals surface area contributed by atoms with Crippen LogP contribution < -0.4 is 25.3 Å². The summed E-state index contributed by atoms with van der Waals surface area (Å²) < 4.78 is 16.2. The Labute approximate surface area is 188 Å². The summed E-state index contributed by atoms with van der Waals surface area (Å²) >= 11 is 0. The first-order valence-electron chi connectivity index (χ1n) is 10.3. The van der Waals surface area contributed by atoms with Gasteiger partial charge in [-0.15, -0.1) is 0 Å². The molecular formula is C26H28N2O4. The van der Waals surface area contributed by atoms with Crippen LogP contribution in [0.1, 0.15) is 16.7 Å². The van der Waals surface area contributed by atoms with Gasteiger partial charge in [-0.2, -0.15) is 0 Å². The molecule has 0 spiro atoms. The number of carbonyl (C=O) groups is 1. The summed E-state index contributed by atoms with van der Waals surface area (Å²) in [7, 11) is 4.82. The first-order chi connectivity index (χ1) is 15.5. The van der Waals surface area contributed by atoms with E-state index in [4.69, 9.17) is 19.9 Å². The molecule has 0 radical (unpaired) electrons. The molecule has 0 aliphatic carbocycles. The fourth-order valence-corrected chi connectivity index (χ4v) is 3.32. The maximum atomic E-state index is 12.1. The molecule has 6 heteroatoms. The molecule has 166 valence electrons. The SMILES string of the molecule is COc1cc(CCc2ccc(/C=C/C(=O)Nc3ccccc3N)cc2)cc(OC)c1OC. The summed E-state index contributed by atoms with van der Waals surface area (Å²) in [6.45, 7) is 0. The van der Waals surface area contributed by atoms with Crippen molar-refractivity contribution in [3.63, 3.8) is 0 Å². The van der Waals surface area contributed by atoms with E-state index in [1.165, 1.54) is 11.6 Å². The van der Waals surface area contributed by atoms with Crippen LogP contribution in [-0.4, -0.2) is 27.2 Å². The minimum Gasteiger partial charge on any atom is -0.493 e. The van der Waals surface area contributed by atoms with Crippen molar-refractivity contribution >= 4 is 23.4 Å². The van der Waals surface area contributed by atoms with Gasteiger partial charge in [0.05, 0.1) is 32.7 Å². The average Bonchev–Trinajstić information content (AvgIpc) is 2.82. The van der Waals surface area contributed by atoms with Gasteiger partial charge in [0.2, 0.25) is 11.7 Å². The number of aryl methyl sites for hydroxylation is 2. The molecule has 3 N–H and O–H groups in total. The lowest BCUT2D eigenvalue weighted by Gasteiger charge is -2.14. The summed E-state index contributed by atoms with van der Waals surface area (Å²) in [5.74, 6) is 1.67. The van der Waals surface area contributed by atoms with Gasteiger partial charge in [-0.25, -0.2) is 0 Å². The maximum Gasteiger partial charge on any atom is 0.248 e. The van der Waals surface area contributed by atoms with Crippen molar-refractivity contribution in [3.8, 4) is 17.2 Å². The average molecular weight is 433 g/mol. The lowest BCUT2D eigenvalue weighted by molar-refractivity contribution is -0.111. The number of nitrogen functional groups attached to an aromatic ring is 1. The van der Waals surface area contributed by atoms with E-state index in [2.05, 4.69) is 17.4 Å². The lowest BCUT2D eigenvalue weighted by atomic mass is 10.0. The first kappa shape index (κ1) is 22.7. The van der Waals surface area contributed by atoms with Crippen molar-refractivity contribution < 1.29 is 19.0 Å². The Kier molecular flexibility index (Phi) is 7.75. The number of carbonyl (C=O) groups excluding carboxylic acids is 1. The van der Waals surface area contributed by atoms with Gasteiger partial charge in [0.1, 0.15) is 0 Å². The maximum absolute atomic E-state index is 12.1. The molecule has 0 aromatic heterocycles. The fourth-order valence-electron chi connectivity index (χ4n) is 3.32. The topological polar surface area (TPSA) is 82.8 Å². The Bertz CT molecular complexity index is 1070. The van der Waals surface area contributed by atoms with Gasteiger partial charge in [-0.05, 0) is 59.9 Å². The van der Waals surface area contributed by atoms with Gasteiger partial charge >= 0.3 is 0 Å². The Balaban J connectivity index is 1.60. The van der Waals surface area contributed by atoms with Crippen molar-refractivity contribution in [2.24, 2.45) is 0 Å². The zero-order valence-electron chi connectivity index (χ0n) is 18.6. The first-order valence-corrected chi connectivity index (χ1v) is 10.3. The van der Waals surface area contributed by atoms with Gasteiger partial charge in [0, 0.05) is 6.08 Å². The lowest BCUT2D eigenvalue weighted by Crippen LogP contribution is -2.09. The molecule has 32 heavy (non-hydrogen) atoms. The van der Waals surface area contributed by atoms with Crippen LogP contribution in [0.25, 0.3) is 6.08 Å². The summed E-state index contributed by atoms with van der Waals surface area (Å²) in [5, 5.41) is 2.78. The molecule has 0 aliphatic rings. The molecule has 0 aliphatic heterocycles. The number of nitrogens with two attached hydrogens (primary N) is 1. The molecule has 6 nitrogen and oxygen atoms in total. The minimum atomic E-state index is -0.227. The van der Waals surface area contributed by atoms with Crippen LogP contribution in [0.5, 0.6) is 17.2 Å². The predicted molar refractivity (Wildman–Crippen MR) is 128 cm³/mol. The minimum absolute atomic E-state index is 0.227. The van der Waals surface area contributed by atoms with Crippen molar-refractivity contribution in [2.45, 2.75) is 12.8 Å². The predicted octanol–water partition coefficient (Wildman–Crippen LogP) is 4.73. The third-order valence-corrected chi connectivity index (χ3v) is 5.05. The summed E-state index contributed by atoms with van der Waals surface area (Å²) in [4.78, 5) is 12.1. The molecule has 0 heterocycles. The monoisotopic (exact) mass is 432 g/mol. The van der Waals surface area contributed by atoms with Crippen molar-refractivity contribution in [1.29, 1.82) is 0 Å². The Morgan fingerprint density at radius 2 is 1.50 bits per heavy atom. The van der Waals surface area contributed by atoms with E-state index in [1.807, 2.05) is 36.4 Å². The molecule has 0 fully saturated rings. The Morgan fingerprint density at radius 3 is 2.09 bits per heavy atom. The highest BCUT2D eigenvalue weighted by Gasteiger charge is 2.13. The van der Waals surface area contributed by atoms with Gasteiger partial charge in [0.15, 0.2) is 11.5 Å². The van der Waals surface area contributed by atoms with E-state index in [1.54, 1.807) is 39.5 Å². The largest absolute Gasteiger partial charge is 0.493 e. The molecular weight excluding hydrogens is 404 g/mol. The molecule has 0 atom stereocenters. The second-order valence-electron chi connectivity index (χ2n) is 7.19. The zero-order chi connectivity index (χ0) is 22.9. The number of anilines is 2. The molecule has 3 aromatic rings. The number of methoxy groups -OCH3 is 3. The molecule has 3 aromatic carbocycles. The number of benzene rings is 3. The molecule has 1 amide bonds.